The normalized spacial score (nSPS) is 14.3. The lowest BCUT2D eigenvalue weighted by Gasteiger charge is -2.22. The van der Waals surface area contributed by atoms with Crippen LogP contribution in [0.2, 0.25) is 0 Å². The summed E-state index contributed by atoms with van der Waals surface area (Å²) in [6, 6.07) is 7.02. The molecule has 2 aromatic rings. The molecule has 0 aliphatic heterocycles. The fraction of sp³-hybridized carbons (Fsp3) is 0.368. The Hall–Kier alpha value is -2.57. The summed E-state index contributed by atoms with van der Waals surface area (Å²) < 4.78 is 38.9. The van der Waals surface area contributed by atoms with Gasteiger partial charge in [0, 0.05) is 24.8 Å². The predicted molar refractivity (Wildman–Crippen MR) is 93.4 cm³/mol. The predicted octanol–water partition coefficient (Wildman–Crippen LogP) is 4.61. The average molecular weight is 363 g/mol. The molecule has 0 radical (unpaired) electrons. The monoisotopic (exact) mass is 363 g/mol. The van der Waals surface area contributed by atoms with Crippen molar-refractivity contribution < 1.29 is 18.0 Å². The second-order valence-corrected chi connectivity index (χ2v) is 6.42. The Labute approximate surface area is 149 Å². The van der Waals surface area contributed by atoms with E-state index >= 15 is 0 Å². The van der Waals surface area contributed by atoms with E-state index in [9.17, 15) is 18.0 Å². The Morgan fingerprint density at radius 3 is 2.58 bits per heavy atom. The van der Waals surface area contributed by atoms with Crippen LogP contribution in [0.25, 0.3) is 5.69 Å². The number of carbonyl (C=O) groups is 1. The minimum absolute atomic E-state index is 0.0166. The summed E-state index contributed by atoms with van der Waals surface area (Å²) in [5.74, 6) is 0.187. The van der Waals surface area contributed by atoms with Crippen molar-refractivity contribution in [3.05, 3.63) is 54.9 Å². The lowest BCUT2D eigenvalue weighted by atomic mass is 10.2. The number of alkyl halides is 3. The fourth-order valence-electron chi connectivity index (χ4n) is 2.81. The van der Waals surface area contributed by atoms with Crippen LogP contribution >= 0.6 is 0 Å². The summed E-state index contributed by atoms with van der Waals surface area (Å²) in [5.41, 5.74) is 2.59. The molecule has 0 spiro atoms. The van der Waals surface area contributed by atoms with Gasteiger partial charge in [-0.15, -0.1) is 0 Å². The third-order valence-electron chi connectivity index (χ3n) is 4.36. The number of halogens is 3. The fourth-order valence-corrected chi connectivity index (χ4v) is 2.81. The Balaban J connectivity index is 1.72. The van der Waals surface area contributed by atoms with Crippen molar-refractivity contribution >= 4 is 11.6 Å². The molecule has 1 fully saturated rings. The molecule has 7 heteroatoms. The zero-order valence-corrected chi connectivity index (χ0v) is 14.2. The summed E-state index contributed by atoms with van der Waals surface area (Å²) in [6.45, 7) is 3.41. The maximum absolute atomic E-state index is 12.4. The number of hydrogen-bond acceptors (Lipinski definition) is 2. The van der Waals surface area contributed by atoms with Gasteiger partial charge in [0.1, 0.15) is 0 Å². The molecule has 0 bridgehead atoms. The highest BCUT2D eigenvalue weighted by Gasteiger charge is 2.27. The molecular formula is C19H20F3N3O. The van der Waals surface area contributed by atoms with Gasteiger partial charge in [-0.3, -0.25) is 4.79 Å². The van der Waals surface area contributed by atoms with Crippen LogP contribution in [0.1, 0.15) is 37.2 Å². The minimum atomic E-state index is -4.23. The first-order valence-electron chi connectivity index (χ1n) is 8.53. The zero-order valence-electron chi connectivity index (χ0n) is 14.2. The Kier molecular flexibility index (Phi) is 5.15. The van der Waals surface area contributed by atoms with Gasteiger partial charge in [-0.1, -0.05) is 6.58 Å². The van der Waals surface area contributed by atoms with Crippen LogP contribution in [0.15, 0.2) is 49.3 Å². The maximum Gasteiger partial charge on any atom is 0.389 e. The van der Waals surface area contributed by atoms with Crippen LogP contribution in [-0.2, 0) is 4.79 Å². The van der Waals surface area contributed by atoms with Gasteiger partial charge in [0.2, 0.25) is 5.91 Å². The van der Waals surface area contributed by atoms with E-state index in [4.69, 9.17) is 0 Å². The summed E-state index contributed by atoms with van der Waals surface area (Å²) in [4.78, 5) is 13.3. The van der Waals surface area contributed by atoms with Crippen molar-refractivity contribution in [1.29, 1.82) is 0 Å². The SMILES string of the molecule is C=CC(=O)N(CCCC(F)(F)F)c1ccc(-n2cc(C3CC3)cn2)cc1. The van der Waals surface area contributed by atoms with Gasteiger partial charge >= 0.3 is 6.18 Å². The molecule has 3 rings (SSSR count). The smallest absolute Gasteiger partial charge is 0.309 e. The van der Waals surface area contributed by atoms with E-state index < -0.39 is 18.5 Å². The molecule has 1 saturated carbocycles. The molecule has 1 aromatic heterocycles. The average Bonchev–Trinajstić information content (AvgIpc) is 3.35. The summed E-state index contributed by atoms with van der Waals surface area (Å²) in [6.07, 6.45) is 2.03. The molecular weight excluding hydrogens is 343 g/mol. The number of hydrogen-bond donors (Lipinski definition) is 0. The van der Waals surface area contributed by atoms with Crippen LogP contribution in [-0.4, -0.2) is 28.4 Å². The molecule has 0 unspecified atom stereocenters. The van der Waals surface area contributed by atoms with Gasteiger partial charge in [0.05, 0.1) is 11.9 Å². The standard InChI is InChI=1S/C19H20F3N3O/c1-2-18(26)24(11-3-10-19(20,21)22)16-6-8-17(9-7-16)25-13-15(12-23-25)14-4-5-14/h2,6-9,12-14H,1,3-5,10-11H2. The molecule has 0 saturated heterocycles. The van der Waals surface area contributed by atoms with Gasteiger partial charge < -0.3 is 4.90 Å². The number of nitrogens with zero attached hydrogens (tertiary/aromatic N) is 3. The Bertz CT molecular complexity index is 776. The third kappa shape index (κ3) is 4.53. The van der Waals surface area contributed by atoms with E-state index in [-0.39, 0.29) is 13.0 Å². The zero-order chi connectivity index (χ0) is 18.7. The lowest BCUT2D eigenvalue weighted by Crippen LogP contribution is -2.31. The second kappa shape index (κ2) is 7.35. The number of rotatable bonds is 7. The van der Waals surface area contributed by atoms with Crippen LogP contribution in [0.3, 0.4) is 0 Å². The van der Waals surface area contributed by atoms with Gasteiger partial charge in [-0.25, -0.2) is 4.68 Å². The summed E-state index contributed by atoms with van der Waals surface area (Å²) in [5, 5.41) is 4.35. The molecule has 1 aromatic carbocycles. The van der Waals surface area contributed by atoms with Gasteiger partial charge in [0.25, 0.3) is 0 Å². The first-order valence-corrected chi connectivity index (χ1v) is 8.53. The van der Waals surface area contributed by atoms with E-state index in [1.807, 2.05) is 12.4 Å². The third-order valence-corrected chi connectivity index (χ3v) is 4.36. The van der Waals surface area contributed by atoms with E-state index in [0.717, 1.165) is 11.8 Å². The van der Waals surface area contributed by atoms with Crippen LogP contribution in [0, 0.1) is 0 Å². The quantitative estimate of drug-likeness (QED) is 0.674. The van der Waals surface area contributed by atoms with Crippen LogP contribution < -0.4 is 4.90 Å². The second-order valence-electron chi connectivity index (χ2n) is 6.42. The first-order chi connectivity index (χ1) is 12.4. The number of aromatic nitrogens is 2. The highest BCUT2D eigenvalue weighted by atomic mass is 19.4. The van der Waals surface area contributed by atoms with Crippen LogP contribution in [0.4, 0.5) is 18.9 Å². The van der Waals surface area contributed by atoms with E-state index in [2.05, 4.69) is 11.7 Å². The molecule has 26 heavy (non-hydrogen) atoms. The van der Waals surface area contributed by atoms with Crippen molar-refractivity contribution in [3.8, 4) is 5.69 Å². The van der Waals surface area contributed by atoms with E-state index in [0.29, 0.717) is 11.6 Å². The van der Waals surface area contributed by atoms with Gasteiger partial charge in [0.15, 0.2) is 0 Å². The molecule has 4 nitrogen and oxygen atoms in total. The maximum atomic E-state index is 12.4. The molecule has 138 valence electrons. The van der Waals surface area contributed by atoms with Crippen molar-refractivity contribution in [1.82, 2.24) is 9.78 Å². The first kappa shape index (κ1) is 18.2. The largest absolute Gasteiger partial charge is 0.389 e. The van der Waals surface area contributed by atoms with Crippen molar-refractivity contribution in [3.63, 3.8) is 0 Å². The lowest BCUT2D eigenvalue weighted by molar-refractivity contribution is -0.135. The molecule has 0 N–H and O–H groups in total. The molecule has 1 aliphatic rings. The topological polar surface area (TPSA) is 38.1 Å². The minimum Gasteiger partial charge on any atom is -0.309 e. The van der Waals surface area contributed by atoms with E-state index in [1.54, 1.807) is 28.9 Å². The number of amides is 1. The molecule has 1 aliphatic carbocycles. The van der Waals surface area contributed by atoms with E-state index in [1.165, 1.54) is 23.3 Å². The van der Waals surface area contributed by atoms with Gasteiger partial charge in [-0.2, -0.15) is 18.3 Å². The number of carbonyl (C=O) groups excluding carboxylic acids is 1. The Morgan fingerprint density at radius 2 is 2.00 bits per heavy atom. The van der Waals surface area contributed by atoms with Crippen molar-refractivity contribution in [2.24, 2.45) is 0 Å². The van der Waals surface area contributed by atoms with Crippen molar-refractivity contribution in [2.75, 3.05) is 11.4 Å². The van der Waals surface area contributed by atoms with Crippen molar-refractivity contribution in [2.45, 2.75) is 37.8 Å². The Morgan fingerprint density at radius 1 is 1.31 bits per heavy atom. The molecule has 0 atom stereocenters. The number of benzene rings is 1. The van der Waals surface area contributed by atoms with Crippen LogP contribution in [0.5, 0.6) is 0 Å². The van der Waals surface area contributed by atoms with Gasteiger partial charge in [-0.05, 0) is 61.1 Å². The summed E-state index contributed by atoms with van der Waals surface area (Å²) in [7, 11) is 0. The molecule has 1 amide bonds. The number of anilines is 1. The molecule has 1 heterocycles. The summed E-state index contributed by atoms with van der Waals surface area (Å²) >= 11 is 0. The highest BCUT2D eigenvalue weighted by Crippen LogP contribution is 2.39. The highest BCUT2D eigenvalue weighted by molar-refractivity contribution is 6.01.